The number of aliphatic hydroxyl groups excluding tert-OH is 2. The second-order valence-electron chi connectivity index (χ2n) is 9.73. The summed E-state index contributed by atoms with van der Waals surface area (Å²) in [6, 6.07) is 0. The molecule has 0 aromatic heterocycles. The Hall–Kier alpha value is -0.560. The number of hydrogen-bond donors (Lipinski definition) is 3. The van der Waals surface area contributed by atoms with Crippen molar-refractivity contribution in [3.63, 3.8) is 0 Å². The van der Waals surface area contributed by atoms with E-state index in [0.717, 1.165) is 44.9 Å². The lowest BCUT2D eigenvalue weighted by atomic mass is 9.44. The van der Waals surface area contributed by atoms with E-state index < -0.39 is 17.8 Å². The lowest BCUT2D eigenvalue weighted by molar-refractivity contribution is -0.168. The molecule has 0 unspecified atom stereocenters. The maximum Gasteiger partial charge on any atom is 0.130 e. The normalized spacial score (nSPS) is 59.8. The molecule has 0 heterocycles. The van der Waals surface area contributed by atoms with Crippen LogP contribution in [0.15, 0.2) is 0 Å². The van der Waals surface area contributed by atoms with Crippen LogP contribution >= 0.6 is 0 Å². The fourth-order valence-corrected chi connectivity index (χ4v) is 7.53. The highest BCUT2D eigenvalue weighted by atomic mass is 16.3. The van der Waals surface area contributed by atoms with Crippen LogP contribution in [0.25, 0.3) is 0 Å². The van der Waals surface area contributed by atoms with E-state index in [9.17, 15) is 15.3 Å². The molecule has 4 saturated carbocycles. The third-order valence-corrected chi connectivity index (χ3v) is 9.07. The zero-order valence-corrected chi connectivity index (χ0v) is 15.0. The Morgan fingerprint density at radius 2 is 1.67 bits per heavy atom. The van der Waals surface area contributed by atoms with Crippen molar-refractivity contribution < 1.29 is 15.3 Å². The number of terminal acetylenes is 1. The number of hydrogen-bond acceptors (Lipinski definition) is 3. The van der Waals surface area contributed by atoms with Gasteiger partial charge in [0.15, 0.2) is 0 Å². The third kappa shape index (κ3) is 1.97. The van der Waals surface area contributed by atoms with Gasteiger partial charge < -0.3 is 15.3 Å². The van der Waals surface area contributed by atoms with Gasteiger partial charge in [0.05, 0.1) is 12.2 Å². The lowest BCUT2D eigenvalue weighted by Gasteiger charge is -2.61. The van der Waals surface area contributed by atoms with Gasteiger partial charge in [-0.05, 0) is 80.5 Å². The average molecular weight is 332 g/mol. The molecular formula is C21H32O3. The number of rotatable bonds is 0. The van der Waals surface area contributed by atoms with Gasteiger partial charge in [0, 0.05) is 5.41 Å². The Morgan fingerprint density at radius 1 is 0.958 bits per heavy atom. The van der Waals surface area contributed by atoms with E-state index in [1.54, 1.807) is 0 Å². The Labute approximate surface area is 145 Å². The summed E-state index contributed by atoms with van der Waals surface area (Å²) in [5.41, 5.74) is -0.971. The van der Waals surface area contributed by atoms with Crippen LogP contribution in [0, 0.1) is 46.8 Å². The third-order valence-electron chi connectivity index (χ3n) is 9.07. The van der Waals surface area contributed by atoms with E-state index in [1.165, 1.54) is 6.42 Å². The first-order valence-electron chi connectivity index (χ1n) is 9.81. The van der Waals surface area contributed by atoms with Crippen LogP contribution in [0.3, 0.4) is 0 Å². The Kier molecular flexibility index (Phi) is 3.67. The minimum absolute atomic E-state index is 0.125. The molecule has 0 aromatic rings. The summed E-state index contributed by atoms with van der Waals surface area (Å²) in [5.74, 6) is 4.96. The number of aliphatic hydroxyl groups is 3. The first-order chi connectivity index (χ1) is 11.2. The van der Waals surface area contributed by atoms with Gasteiger partial charge in [0.25, 0.3) is 0 Å². The second kappa shape index (κ2) is 5.22. The molecule has 4 rings (SSSR count). The van der Waals surface area contributed by atoms with Crippen molar-refractivity contribution in [2.45, 2.75) is 83.0 Å². The molecule has 134 valence electrons. The molecule has 0 amide bonds. The fourth-order valence-electron chi connectivity index (χ4n) is 7.53. The topological polar surface area (TPSA) is 60.7 Å². The molecule has 9 atom stereocenters. The van der Waals surface area contributed by atoms with Crippen molar-refractivity contribution in [2.75, 3.05) is 0 Å². The van der Waals surface area contributed by atoms with Crippen LogP contribution in [0.5, 0.6) is 0 Å². The minimum atomic E-state index is -0.942. The molecule has 24 heavy (non-hydrogen) atoms. The summed E-state index contributed by atoms with van der Waals surface area (Å²) < 4.78 is 0. The van der Waals surface area contributed by atoms with Gasteiger partial charge in [-0.25, -0.2) is 0 Å². The molecule has 0 bridgehead atoms. The second-order valence-corrected chi connectivity index (χ2v) is 9.73. The first kappa shape index (κ1) is 16.9. The van der Waals surface area contributed by atoms with Crippen molar-refractivity contribution in [3.8, 4) is 12.3 Å². The molecule has 0 radical (unpaired) electrons. The van der Waals surface area contributed by atoms with Gasteiger partial charge in [0.2, 0.25) is 0 Å². The predicted molar refractivity (Wildman–Crippen MR) is 92.9 cm³/mol. The zero-order chi connectivity index (χ0) is 17.3. The summed E-state index contributed by atoms with van der Waals surface area (Å²) in [4.78, 5) is 0. The first-order valence-corrected chi connectivity index (χ1v) is 9.81. The van der Waals surface area contributed by atoms with Gasteiger partial charge in [-0.3, -0.25) is 0 Å². The molecule has 3 nitrogen and oxygen atoms in total. The highest BCUT2D eigenvalue weighted by molar-refractivity contribution is 5.23. The van der Waals surface area contributed by atoms with E-state index >= 15 is 0 Å². The maximum atomic E-state index is 11.0. The van der Waals surface area contributed by atoms with Crippen LogP contribution in [0.2, 0.25) is 0 Å². The van der Waals surface area contributed by atoms with Crippen molar-refractivity contribution in [1.82, 2.24) is 0 Å². The molecule has 0 aliphatic heterocycles. The predicted octanol–water partition coefficient (Wildman–Crippen LogP) is 2.73. The maximum absolute atomic E-state index is 11.0. The van der Waals surface area contributed by atoms with Crippen LogP contribution < -0.4 is 0 Å². The molecular weight excluding hydrogens is 300 g/mol. The molecule has 4 fully saturated rings. The van der Waals surface area contributed by atoms with Crippen molar-refractivity contribution in [2.24, 2.45) is 34.5 Å². The smallest absolute Gasteiger partial charge is 0.130 e. The van der Waals surface area contributed by atoms with Crippen molar-refractivity contribution in [3.05, 3.63) is 0 Å². The molecule has 3 heteroatoms. The summed E-state index contributed by atoms with van der Waals surface area (Å²) in [5, 5.41) is 31.4. The highest BCUT2D eigenvalue weighted by Crippen LogP contribution is 2.68. The number of fused-ring (bicyclic) bond motifs is 5. The SMILES string of the molecule is C#C[C@]1(O)CC[C@H]2[C@@H]3CC[C@H]4C[C@H](O)[C@H](O)C[C@]4(C)[C@H]3CC[C@@]21C. The van der Waals surface area contributed by atoms with Crippen molar-refractivity contribution in [1.29, 1.82) is 0 Å². The van der Waals surface area contributed by atoms with Gasteiger partial charge in [-0.15, -0.1) is 6.42 Å². The van der Waals surface area contributed by atoms with Crippen molar-refractivity contribution >= 4 is 0 Å². The largest absolute Gasteiger partial charge is 0.390 e. The van der Waals surface area contributed by atoms with Gasteiger partial charge in [-0.2, -0.15) is 0 Å². The minimum Gasteiger partial charge on any atom is -0.390 e. The molecule has 4 aliphatic rings. The molecule has 0 saturated heterocycles. The zero-order valence-electron chi connectivity index (χ0n) is 15.0. The van der Waals surface area contributed by atoms with Gasteiger partial charge >= 0.3 is 0 Å². The summed E-state index contributed by atoms with van der Waals surface area (Å²) >= 11 is 0. The van der Waals surface area contributed by atoms with E-state index in [2.05, 4.69) is 19.8 Å². The molecule has 0 aromatic carbocycles. The monoisotopic (exact) mass is 332 g/mol. The van der Waals surface area contributed by atoms with E-state index in [1.807, 2.05) is 0 Å². The van der Waals surface area contributed by atoms with Crippen LogP contribution in [-0.4, -0.2) is 33.1 Å². The van der Waals surface area contributed by atoms with E-state index in [4.69, 9.17) is 6.42 Å². The Balaban J connectivity index is 1.65. The summed E-state index contributed by atoms with van der Waals surface area (Å²) in [7, 11) is 0. The Morgan fingerprint density at radius 3 is 2.38 bits per heavy atom. The quantitative estimate of drug-likeness (QED) is 0.598. The highest BCUT2D eigenvalue weighted by Gasteiger charge is 2.64. The average Bonchev–Trinajstić information content (AvgIpc) is 2.81. The van der Waals surface area contributed by atoms with Crippen LogP contribution in [-0.2, 0) is 0 Å². The summed E-state index contributed by atoms with van der Waals surface area (Å²) in [6.07, 6.45) is 12.3. The molecule has 0 spiro atoms. The molecule has 4 aliphatic carbocycles. The fraction of sp³-hybridized carbons (Fsp3) is 0.905. The Bertz CT molecular complexity index is 568. The lowest BCUT2D eigenvalue weighted by Crippen LogP contribution is -2.58. The summed E-state index contributed by atoms with van der Waals surface area (Å²) in [6.45, 7) is 4.57. The van der Waals surface area contributed by atoms with E-state index in [-0.39, 0.29) is 10.8 Å². The van der Waals surface area contributed by atoms with Crippen LogP contribution in [0.4, 0.5) is 0 Å². The van der Waals surface area contributed by atoms with E-state index in [0.29, 0.717) is 23.7 Å². The van der Waals surface area contributed by atoms with Gasteiger partial charge in [0.1, 0.15) is 5.60 Å². The van der Waals surface area contributed by atoms with Crippen LogP contribution in [0.1, 0.15) is 65.2 Å². The van der Waals surface area contributed by atoms with Gasteiger partial charge in [-0.1, -0.05) is 19.8 Å². The molecule has 3 N–H and O–H groups in total. The standard InChI is InChI=1S/C21H32O3/c1-4-21(24)10-8-16-14-6-5-13-11-17(22)18(23)12-19(13,2)15(14)7-9-20(16,21)3/h1,13-18,22-24H,5-12H2,2-3H3/t13-,14+,15-,16-,17-,18+,19-,20-,21-/m0/s1.